The predicted octanol–water partition coefficient (Wildman–Crippen LogP) is 17.8. The summed E-state index contributed by atoms with van der Waals surface area (Å²) < 4.78 is 7.55. The monoisotopic (exact) mass is 979 g/mol. The number of hydrogen-bond acceptors (Lipinski definition) is 3. The van der Waals surface area contributed by atoms with Gasteiger partial charge in [0.15, 0.2) is 0 Å². The minimum atomic E-state index is -0.164. The molecule has 0 atom stereocenters. The molecule has 3 nitrogen and oxygen atoms in total. The third-order valence-electron chi connectivity index (χ3n) is 19.8. The van der Waals surface area contributed by atoms with Crippen LogP contribution in [0.5, 0.6) is 0 Å². The van der Waals surface area contributed by atoms with Crippen LogP contribution in [0.3, 0.4) is 0 Å². The van der Waals surface area contributed by atoms with Crippen molar-refractivity contribution >= 4 is 68.4 Å². The van der Waals surface area contributed by atoms with Gasteiger partial charge in [0.2, 0.25) is 5.88 Å². The molecule has 0 fully saturated rings. The molecule has 5 aliphatic rings. The van der Waals surface area contributed by atoms with Crippen LogP contribution in [-0.4, -0.2) is 6.71 Å². The summed E-state index contributed by atoms with van der Waals surface area (Å²) in [6.45, 7) is 43.9. The lowest BCUT2D eigenvalue weighted by atomic mass is 9.33. The number of fused-ring (bicyclic) bond motifs is 9. The third-order valence-corrected chi connectivity index (χ3v) is 19.8. The van der Waals surface area contributed by atoms with Crippen molar-refractivity contribution in [3.63, 3.8) is 0 Å². The minimum Gasteiger partial charge on any atom is -0.440 e. The first-order chi connectivity index (χ1) is 34.4. The highest BCUT2D eigenvalue weighted by atomic mass is 16.4. The van der Waals surface area contributed by atoms with Crippen LogP contribution in [0.15, 0.2) is 108 Å². The van der Waals surface area contributed by atoms with Gasteiger partial charge in [-0.15, -0.1) is 0 Å². The lowest BCUT2D eigenvalue weighted by Crippen LogP contribution is -2.61. The van der Waals surface area contributed by atoms with Crippen molar-refractivity contribution in [1.29, 1.82) is 0 Å². The number of hydrogen-bond donors (Lipinski definition) is 0. The van der Waals surface area contributed by atoms with Crippen LogP contribution in [0.2, 0.25) is 0 Å². The molecular weight excluding hydrogens is 896 g/mol. The van der Waals surface area contributed by atoms with E-state index in [2.05, 4.69) is 238 Å². The molecule has 0 spiro atoms. The van der Waals surface area contributed by atoms with Crippen molar-refractivity contribution < 1.29 is 4.42 Å². The van der Waals surface area contributed by atoms with Crippen molar-refractivity contribution in [2.45, 2.75) is 206 Å². The first-order valence-electron chi connectivity index (χ1n) is 28.3. The van der Waals surface area contributed by atoms with Crippen LogP contribution < -0.4 is 26.2 Å². The van der Waals surface area contributed by atoms with Gasteiger partial charge in [0.05, 0.1) is 5.69 Å². The first kappa shape index (κ1) is 49.4. The Morgan fingerprint density at radius 2 is 0.905 bits per heavy atom. The second kappa shape index (κ2) is 15.6. The van der Waals surface area contributed by atoms with Crippen LogP contribution >= 0.6 is 0 Å². The highest BCUT2D eigenvalue weighted by Gasteiger charge is 2.50. The Bertz CT molecular complexity index is 3490. The summed E-state index contributed by atoms with van der Waals surface area (Å²) in [4.78, 5) is 5.35. The maximum atomic E-state index is 7.55. The molecule has 74 heavy (non-hydrogen) atoms. The predicted molar refractivity (Wildman–Crippen MR) is 319 cm³/mol. The van der Waals surface area contributed by atoms with Gasteiger partial charge in [0.1, 0.15) is 5.58 Å². The smallest absolute Gasteiger partial charge is 0.257 e. The summed E-state index contributed by atoms with van der Waals surface area (Å²) in [5.74, 6) is 0.952. The molecule has 0 bridgehead atoms. The van der Waals surface area contributed by atoms with Crippen molar-refractivity contribution in [2.24, 2.45) is 0 Å². The summed E-state index contributed by atoms with van der Waals surface area (Å²) in [6, 6.07) is 41.7. The fourth-order valence-corrected chi connectivity index (χ4v) is 14.3. The molecule has 382 valence electrons. The van der Waals surface area contributed by atoms with Crippen LogP contribution in [0.25, 0.3) is 22.1 Å². The van der Waals surface area contributed by atoms with Gasteiger partial charge >= 0.3 is 0 Å². The SMILES string of the molecule is CC(C)(C)c1cc2c3c(c1)N(c1ccc4c(c1)C(C)(C)CCC4(C)C)c1oc4ccc(C(C)(C)C)cc4c1B3c1cc3c(cc1N2c1cc2c(cc1-c1ccccc1)C(C)(C)CCC2(C)C)C(C)(C)CCC3(C)C. The van der Waals surface area contributed by atoms with Crippen molar-refractivity contribution in [3.05, 3.63) is 148 Å². The third kappa shape index (κ3) is 7.32. The molecule has 0 radical (unpaired) electrons. The van der Waals surface area contributed by atoms with Crippen LogP contribution in [0.1, 0.15) is 208 Å². The average molecular weight is 979 g/mol. The van der Waals surface area contributed by atoms with Gasteiger partial charge in [-0.05, 0) is 197 Å². The number of furan rings is 1. The average Bonchev–Trinajstić information content (AvgIpc) is 3.71. The Morgan fingerprint density at radius 1 is 0.419 bits per heavy atom. The zero-order chi connectivity index (χ0) is 52.8. The van der Waals surface area contributed by atoms with Crippen molar-refractivity contribution in [2.75, 3.05) is 9.80 Å². The quantitative estimate of drug-likeness (QED) is 0.165. The summed E-state index contributed by atoms with van der Waals surface area (Å²) in [5.41, 5.74) is 25.2. The van der Waals surface area contributed by atoms with Gasteiger partial charge in [-0.3, -0.25) is 4.90 Å². The van der Waals surface area contributed by atoms with E-state index in [1.165, 1.54) is 112 Å². The maximum Gasteiger partial charge on any atom is 0.257 e. The molecule has 6 aromatic carbocycles. The van der Waals surface area contributed by atoms with Gasteiger partial charge in [-0.2, -0.15) is 0 Å². The normalized spacial score (nSPS) is 20.3. The number of benzene rings is 6. The summed E-state index contributed by atoms with van der Waals surface area (Å²) >= 11 is 0. The van der Waals surface area contributed by atoms with Gasteiger partial charge in [-0.1, -0.05) is 173 Å². The Kier molecular flexibility index (Phi) is 10.4. The van der Waals surface area contributed by atoms with Crippen LogP contribution in [0.4, 0.5) is 34.3 Å². The molecule has 0 N–H and O–H groups in total. The van der Waals surface area contributed by atoms with E-state index in [4.69, 9.17) is 4.42 Å². The molecule has 7 aromatic rings. The van der Waals surface area contributed by atoms with E-state index in [1.54, 1.807) is 0 Å². The molecule has 12 rings (SSSR count). The number of nitrogens with zero attached hydrogens (tertiary/aromatic N) is 2. The lowest BCUT2D eigenvalue weighted by molar-refractivity contribution is 0.332. The van der Waals surface area contributed by atoms with Gasteiger partial charge in [0.25, 0.3) is 6.71 Å². The topological polar surface area (TPSA) is 19.6 Å². The molecular formula is C70H83BN2O. The molecule has 1 aromatic heterocycles. The van der Waals surface area contributed by atoms with Crippen molar-refractivity contribution in [1.82, 2.24) is 0 Å². The van der Waals surface area contributed by atoms with E-state index in [9.17, 15) is 0 Å². The molecule has 0 saturated heterocycles. The molecule has 3 heterocycles. The second-order valence-electron chi connectivity index (χ2n) is 29.8. The number of anilines is 6. The van der Waals surface area contributed by atoms with E-state index in [1.807, 2.05) is 0 Å². The summed E-state index contributed by atoms with van der Waals surface area (Å²) in [7, 11) is 0. The maximum absolute atomic E-state index is 7.55. The van der Waals surface area contributed by atoms with Crippen molar-refractivity contribution in [3.8, 4) is 11.1 Å². The molecule has 3 aliphatic carbocycles. The Hall–Kier alpha value is -5.48. The van der Waals surface area contributed by atoms with E-state index in [0.717, 1.165) is 43.6 Å². The number of rotatable bonds is 3. The largest absolute Gasteiger partial charge is 0.440 e. The summed E-state index contributed by atoms with van der Waals surface area (Å²) in [5, 5.41) is 1.22. The fourth-order valence-electron chi connectivity index (χ4n) is 14.3. The molecule has 0 unspecified atom stereocenters. The van der Waals surface area contributed by atoms with Crippen LogP contribution in [0, 0.1) is 0 Å². The summed E-state index contributed by atoms with van der Waals surface area (Å²) in [6.07, 6.45) is 6.95. The van der Waals surface area contributed by atoms with Gasteiger partial charge in [-0.25, -0.2) is 0 Å². The highest BCUT2D eigenvalue weighted by Crippen LogP contribution is 2.56. The molecule has 2 aliphatic heterocycles. The van der Waals surface area contributed by atoms with E-state index >= 15 is 0 Å². The Labute approximate surface area is 445 Å². The van der Waals surface area contributed by atoms with E-state index < -0.39 is 0 Å². The van der Waals surface area contributed by atoms with E-state index in [-0.39, 0.29) is 50.0 Å². The van der Waals surface area contributed by atoms with Gasteiger partial charge in [0, 0.05) is 39.2 Å². The zero-order valence-corrected chi connectivity index (χ0v) is 48.4. The highest BCUT2D eigenvalue weighted by molar-refractivity contribution is 7.01. The van der Waals surface area contributed by atoms with Crippen LogP contribution in [-0.2, 0) is 43.3 Å². The minimum absolute atomic E-state index is 0.00163. The van der Waals surface area contributed by atoms with Gasteiger partial charge < -0.3 is 9.32 Å². The molecule has 0 saturated carbocycles. The Balaban J connectivity index is 1.28. The Morgan fingerprint density at radius 3 is 1.46 bits per heavy atom. The molecule has 4 heteroatoms. The van der Waals surface area contributed by atoms with E-state index in [0.29, 0.717) is 0 Å². The standard InChI is InChI=1S/C70H83BN2O/c1-63(2,3)43-24-27-59-47(34-43)60-62(74-59)72(45-25-26-48-49(37-45)66(9,10)29-28-65(48,7)8)57-35-44(64(4,5)6)36-58-61(57)71(60)54-39-51-53(70(17,18)33-31-68(51,13)14)41-56(54)73(58)55-40-52-50(67(11,12)30-32-69(52,15)16)38-46(55)42-22-20-19-21-23-42/h19-27,34-41H,28-33H2,1-18H3. The second-order valence-corrected chi connectivity index (χ2v) is 29.8. The first-order valence-corrected chi connectivity index (χ1v) is 28.3. The fraction of sp³-hybridized carbons (Fsp3) is 0.457. The lowest BCUT2D eigenvalue weighted by Gasteiger charge is -2.48. The zero-order valence-electron chi connectivity index (χ0n) is 48.4. The molecule has 0 amide bonds.